The Morgan fingerprint density at radius 3 is 2.62 bits per heavy atom. The summed E-state index contributed by atoms with van der Waals surface area (Å²) in [5, 5.41) is 18.8. The molecular weight excluding hydrogens is 255 g/mol. The molecule has 0 spiro atoms. The van der Waals surface area contributed by atoms with Crippen LogP contribution in [-0.2, 0) is 4.33 Å². The van der Waals surface area contributed by atoms with E-state index in [1.165, 1.54) is 12.5 Å². The number of rotatable bonds is 2. The molecule has 0 aliphatic heterocycles. The predicted octanol–water partition coefficient (Wildman–Crippen LogP) is 0.684. The molecule has 0 atom stereocenters. The molecule has 0 aromatic carbocycles. The number of H-pyrrole nitrogens is 1. The van der Waals surface area contributed by atoms with Crippen molar-refractivity contribution in [1.29, 1.82) is 0 Å². The summed E-state index contributed by atoms with van der Waals surface area (Å²) >= 11 is 11.6. The number of imidazole rings is 1. The molecule has 0 unspecified atom stereocenters. The van der Waals surface area contributed by atoms with Gasteiger partial charge in [-0.1, -0.05) is 23.2 Å². The van der Waals surface area contributed by atoms with E-state index in [0.29, 0.717) is 11.2 Å². The van der Waals surface area contributed by atoms with Gasteiger partial charge in [-0.25, -0.2) is 15.0 Å². The molecule has 2 rings (SSSR count). The van der Waals surface area contributed by atoms with E-state index >= 15 is 0 Å². The molecule has 6 nitrogen and oxygen atoms in total. The Balaban J connectivity index is 2.54. The monoisotopic (exact) mass is 262 g/mol. The number of aromatic nitrogens is 4. The van der Waals surface area contributed by atoms with Crippen molar-refractivity contribution in [3.8, 4) is 0 Å². The minimum Gasteiger partial charge on any atom is -0.363 e. The van der Waals surface area contributed by atoms with Crippen molar-refractivity contribution in [3.05, 3.63) is 18.3 Å². The minimum atomic E-state index is -2.36. The number of hydrogen-bond acceptors (Lipinski definition) is 5. The van der Waals surface area contributed by atoms with Crippen LogP contribution in [0.1, 0.15) is 12.7 Å². The molecule has 0 amide bonds. The van der Waals surface area contributed by atoms with Gasteiger partial charge in [0, 0.05) is 0 Å². The lowest BCUT2D eigenvalue weighted by molar-refractivity contribution is -0.158. The standard InChI is InChI=1S/C8H8Cl2N4O2/c1-7(15,16)8(9,10)6-11-2-4-5(14-6)13-3-12-4/h2-3,15-16H,1H3,(H,11,12,13,14). The van der Waals surface area contributed by atoms with E-state index in [0.717, 1.165) is 6.92 Å². The first-order valence-corrected chi connectivity index (χ1v) is 5.07. The predicted molar refractivity (Wildman–Crippen MR) is 57.9 cm³/mol. The number of alkyl halides is 2. The van der Waals surface area contributed by atoms with Crippen LogP contribution >= 0.6 is 23.2 Å². The topological polar surface area (TPSA) is 94.9 Å². The molecule has 2 aromatic rings. The molecule has 0 bridgehead atoms. The quantitative estimate of drug-likeness (QED) is 0.547. The number of halogens is 2. The zero-order chi connectivity index (χ0) is 12.0. The maximum absolute atomic E-state index is 9.40. The summed E-state index contributed by atoms with van der Waals surface area (Å²) in [7, 11) is 0. The molecule has 3 N–H and O–H groups in total. The third-order valence-electron chi connectivity index (χ3n) is 2.05. The molecule has 0 radical (unpaired) electrons. The van der Waals surface area contributed by atoms with Crippen LogP contribution in [0.25, 0.3) is 11.2 Å². The average molecular weight is 263 g/mol. The van der Waals surface area contributed by atoms with Gasteiger partial charge in [0.05, 0.1) is 12.5 Å². The minimum absolute atomic E-state index is 0.122. The molecule has 16 heavy (non-hydrogen) atoms. The number of hydrogen-bond donors (Lipinski definition) is 3. The normalized spacial score (nSPS) is 13.3. The van der Waals surface area contributed by atoms with Crippen molar-refractivity contribution in [1.82, 2.24) is 19.9 Å². The summed E-state index contributed by atoms with van der Waals surface area (Å²) in [6.45, 7) is 1.05. The van der Waals surface area contributed by atoms with Gasteiger partial charge in [-0.2, -0.15) is 0 Å². The van der Waals surface area contributed by atoms with Crippen LogP contribution in [-0.4, -0.2) is 35.9 Å². The van der Waals surface area contributed by atoms with Gasteiger partial charge >= 0.3 is 0 Å². The van der Waals surface area contributed by atoms with E-state index < -0.39 is 10.1 Å². The van der Waals surface area contributed by atoms with Gasteiger partial charge in [-0.05, 0) is 6.92 Å². The number of nitrogens with zero attached hydrogens (tertiary/aromatic N) is 3. The summed E-state index contributed by atoms with van der Waals surface area (Å²) in [5.74, 6) is -2.48. The van der Waals surface area contributed by atoms with E-state index in [1.54, 1.807) is 0 Å². The van der Waals surface area contributed by atoms with E-state index in [-0.39, 0.29) is 5.82 Å². The molecule has 8 heteroatoms. The van der Waals surface area contributed by atoms with Gasteiger partial charge in [0.15, 0.2) is 11.5 Å². The van der Waals surface area contributed by atoms with Crippen molar-refractivity contribution < 1.29 is 10.2 Å². The molecule has 0 aliphatic carbocycles. The number of aromatic amines is 1. The highest BCUT2D eigenvalue weighted by Gasteiger charge is 2.47. The zero-order valence-corrected chi connectivity index (χ0v) is 9.66. The molecule has 0 aliphatic rings. The van der Waals surface area contributed by atoms with Crippen LogP contribution in [0.3, 0.4) is 0 Å². The Bertz CT molecular complexity index is 520. The van der Waals surface area contributed by atoms with E-state index in [2.05, 4.69) is 19.9 Å². The molecule has 2 heterocycles. The molecule has 0 fully saturated rings. The Kier molecular flexibility index (Phi) is 2.54. The average Bonchev–Trinajstić information content (AvgIpc) is 2.61. The van der Waals surface area contributed by atoms with Crippen LogP contribution in [0, 0.1) is 0 Å². The molecule has 2 aromatic heterocycles. The van der Waals surface area contributed by atoms with Gasteiger partial charge in [0.25, 0.3) is 0 Å². The van der Waals surface area contributed by atoms with Crippen LogP contribution < -0.4 is 0 Å². The summed E-state index contributed by atoms with van der Waals surface area (Å²) in [4.78, 5) is 14.5. The highest BCUT2D eigenvalue weighted by molar-refractivity contribution is 6.48. The second kappa shape index (κ2) is 3.53. The van der Waals surface area contributed by atoms with Crippen molar-refractivity contribution >= 4 is 34.4 Å². The zero-order valence-electron chi connectivity index (χ0n) is 8.15. The fourth-order valence-electron chi connectivity index (χ4n) is 1.10. The number of nitrogens with one attached hydrogen (secondary N) is 1. The lowest BCUT2D eigenvalue weighted by Crippen LogP contribution is -2.42. The van der Waals surface area contributed by atoms with Gasteiger partial charge in [0.2, 0.25) is 10.1 Å². The fourth-order valence-corrected chi connectivity index (χ4v) is 1.28. The summed E-state index contributed by atoms with van der Waals surface area (Å²) < 4.78 is -2.03. The lowest BCUT2D eigenvalue weighted by atomic mass is 10.2. The molecule has 0 saturated heterocycles. The Morgan fingerprint density at radius 1 is 1.31 bits per heavy atom. The Morgan fingerprint density at radius 2 is 2.00 bits per heavy atom. The SMILES string of the molecule is CC(O)(O)C(Cl)(Cl)c1ncc2[nH]cnc2n1. The largest absolute Gasteiger partial charge is 0.363 e. The van der Waals surface area contributed by atoms with Gasteiger partial charge in [0.1, 0.15) is 5.52 Å². The highest BCUT2D eigenvalue weighted by atomic mass is 35.5. The Hall–Kier alpha value is -0.950. The van der Waals surface area contributed by atoms with Crippen molar-refractivity contribution in [2.45, 2.75) is 17.0 Å². The van der Waals surface area contributed by atoms with E-state index in [9.17, 15) is 10.2 Å². The fraction of sp³-hybridized carbons (Fsp3) is 0.375. The van der Waals surface area contributed by atoms with Crippen molar-refractivity contribution in [2.24, 2.45) is 0 Å². The van der Waals surface area contributed by atoms with Crippen molar-refractivity contribution in [3.63, 3.8) is 0 Å². The van der Waals surface area contributed by atoms with Crippen molar-refractivity contribution in [2.75, 3.05) is 0 Å². The summed E-state index contributed by atoms with van der Waals surface area (Å²) in [6.07, 6.45) is 2.85. The second-order valence-electron chi connectivity index (χ2n) is 3.43. The third kappa shape index (κ3) is 1.73. The maximum Gasteiger partial charge on any atom is 0.229 e. The maximum atomic E-state index is 9.40. The highest BCUT2D eigenvalue weighted by Crippen LogP contribution is 2.40. The molecular formula is C8H8Cl2N4O2. The smallest absolute Gasteiger partial charge is 0.229 e. The molecule has 0 saturated carbocycles. The van der Waals surface area contributed by atoms with Gasteiger partial charge in [-0.15, -0.1) is 0 Å². The first-order chi connectivity index (χ1) is 7.32. The number of fused-ring (bicyclic) bond motifs is 1. The lowest BCUT2D eigenvalue weighted by Gasteiger charge is -2.28. The third-order valence-corrected chi connectivity index (χ3v) is 3.11. The van der Waals surface area contributed by atoms with Crippen LogP contribution in [0.15, 0.2) is 12.5 Å². The Labute approximate surface area is 100 Å². The van der Waals surface area contributed by atoms with Gasteiger partial charge in [-0.3, -0.25) is 0 Å². The number of aliphatic hydroxyl groups is 2. The van der Waals surface area contributed by atoms with Crippen LogP contribution in [0.5, 0.6) is 0 Å². The van der Waals surface area contributed by atoms with Crippen LogP contribution in [0.4, 0.5) is 0 Å². The summed E-state index contributed by atoms with van der Waals surface area (Å²) in [5.41, 5.74) is 0.949. The van der Waals surface area contributed by atoms with E-state index in [4.69, 9.17) is 23.2 Å². The van der Waals surface area contributed by atoms with Gasteiger partial charge < -0.3 is 15.2 Å². The van der Waals surface area contributed by atoms with E-state index in [1.807, 2.05) is 0 Å². The first-order valence-electron chi connectivity index (χ1n) is 4.31. The van der Waals surface area contributed by atoms with Crippen LogP contribution in [0.2, 0.25) is 0 Å². The summed E-state index contributed by atoms with van der Waals surface area (Å²) in [6, 6.07) is 0. The first kappa shape index (κ1) is 11.5. The molecule has 86 valence electrons. The second-order valence-corrected chi connectivity index (χ2v) is 4.76.